The molecular formula is C22H26ClN3O4S. The minimum atomic E-state index is -3.76. The second kappa shape index (κ2) is 10.2. The van der Waals surface area contributed by atoms with Crippen molar-refractivity contribution in [1.82, 2.24) is 5.32 Å². The van der Waals surface area contributed by atoms with E-state index in [1.54, 1.807) is 42.5 Å². The van der Waals surface area contributed by atoms with Crippen molar-refractivity contribution >= 4 is 44.8 Å². The molecule has 0 heterocycles. The molecule has 1 aliphatic rings. The minimum Gasteiger partial charge on any atom is -0.349 e. The number of rotatable bonds is 7. The molecule has 0 bridgehead atoms. The summed E-state index contributed by atoms with van der Waals surface area (Å²) in [5, 5.41) is 5.92. The van der Waals surface area contributed by atoms with Gasteiger partial charge in [-0.15, -0.1) is 0 Å². The number of sulfonamides is 1. The monoisotopic (exact) mass is 463 g/mol. The molecule has 0 radical (unpaired) electrons. The van der Waals surface area contributed by atoms with Gasteiger partial charge in [-0.05, 0) is 37.1 Å². The number of halogens is 1. The fourth-order valence-electron chi connectivity index (χ4n) is 3.66. The maximum atomic E-state index is 12.8. The van der Waals surface area contributed by atoms with Crippen LogP contribution in [0.15, 0.2) is 48.5 Å². The van der Waals surface area contributed by atoms with Crippen molar-refractivity contribution in [3.8, 4) is 0 Å². The molecule has 2 aromatic carbocycles. The highest BCUT2D eigenvalue weighted by Crippen LogP contribution is 2.27. The predicted octanol–water partition coefficient (Wildman–Crippen LogP) is 3.81. The van der Waals surface area contributed by atoms with Crippen LogP contribution >= 0.6 is 11.6 Å². The lowest BCUT2D eigenvalue weighted by Gasteiger charge is -2.24. The molecule has 31 heavy (non-hydrogen) atoms. The van der Waals surface area contributed by atoms with Gasteiger partial charge in [0, 0.05) is 6.04 Å². The molecule has 7 nitrogen and oxygen atoms in total. The number of anilines is 2. The third kappa shape index (κ3) is 6.21. The Hall–Kier alpha value is -2.58. The van der Waals surface area contributed by atoms with Gasteiger partial charge in [-0.2, -0.15) is 0 Å². The Balaban J connectivity index is 1.75. The van der Waals surface area contributed by atoms with Crippen LogP contribution in [0.1, 0.15) is 42.5 Å². The van der Waals surface area contributed by atoms with Gasteiger partial charge in [0.15, 0.2) is 0 Å². The average Bonchev–Trinajstić information content (AvgIpc) is 2.73. The normalized spacial score (nSPS) is 14.6. The fraction of sp³-hybridized carbons (Fsp3) is 0.364. The molecule has 2 N–H and O–H groups in total. The first-order chi connectivity index (χ1) is 14.8. The Kier molecular flexibility index (Phi) is 7.56. The van der Waals surface area contributed by atoms with Crippen molar-refractivity contribution in [2.75, 3.05) is 22.4 Å². The van der Waals surface area contributed by atoms with Crippen LogP contribution in [0.2, 0.25) is 5.02 Å². The number of hydrogen-bond acceptors (Lipinski definition) is 4. The second-order valence-corrected chi connectivity index (χ2v) is 9.94. The molecule has 0 saturated heterocycles. The first-order valence-electron chi connectivity index (χ1n) is 10.2. The molecule has 1 saturated carbocycles. The number of para-hydroxylation sites is 2. The summed E-state index contributed by atoms with van der Waals surface area (Å²) < 4.78 is 25.5. The maximum absolute atomic E-state index is 12.8. The third-order valence-corrected chi connectivity index (χ3v) is 6.64. The molecule has 0 spiro atoms. The number of nitrogens with one attached hydrogen (secondary N) is 2. The zero-order valence-corrected chi connectivity index (χ0v) is 18.9. The van der Waals surface area contributed by atoms with Crippen LogP contribution in [-0.4, -0.2) is 39.1 Å². The number of hydrogen-bond donors (Lipinski definition) is 2. The van der Waals surface area contributed by atoms with E-state index in [0.717, 1.165) is 36.2 Å². The van der Waals surface area contributed by atoms with Crippen LogP contribution < -0.4 is 14.9 Å². The molecule has 2 amide bonds. The largest absolute Gasteiger partial charge is 0.349 e. The van der Waals surface area contributed by atoms with E-state index >= 15 is 0 Å². The molecule has 2 aromatic rings. The van der Waals surface area contributed by atoms with E-state index in [4.69, 9.17) is 11.6 Å². The Morgan fingerprint density at radius 2 is 1.68 bits per heavy atom. The summed E-state index contributed by atoms with van der Waals surface area (Å²) >= 11 is 6.14. The first-order valence-corrected chi connectivity index (χ1v) is 12.4. The summed E-state index contributed by atoms with van der Waals surface area (Å²) in [6.45, 7) is -0.471. The van der Waals surface area contributed by atoms with Gasteiger partial charge in [-0.1, -0.05) is 55.1 Å². The van der Waals surface area contributed by atoms with Crippen molar-refractivity contribution < 1.29 is 18.0 Å². The zero-order chi connectivity index (χ0) is 22.4. The van der Waals surface area contributed by atoms with E-state index in [2.05, 4.69) is 10.6 Å². The highest BCUT2D eigenvalue weighted by Gasteiger charge is 2.24. The average molecular weight is 464 g/mol. The first kappa shape index (κ1) is 23.1. The van der Waals surface area contributed by atoms with Crippen LogP contribution in [0.4, 0.5) is 11.4 Å². The lowest BCUT2D eigenvalue weighted by Crippen LogP contribution is -2.38. The lowest BCUT2D eigenvalue weighted by molar-refractivity contribution is -0.114. The summed E-state index contributed by atoms with van der Waals surface area (Å²) in [5.41, 5.74) is 0.878. The fourth-order valence-corrected chi connectivity index (χ4v) is 4.81. The number of carbonyl (C=O) groups is 2. The van der Waals surface area contributed by atoms with E-state index in [1.165, 1.54) is 12.5 Å². The Bertz CT molecular complexity index is 1050. The highest BCUT2D eigenvalue weighted by molar-refractivity contribution is 7.92. The van der Waals surface area contributed by atoms with Gasteiger partial charge in [0.1, 0.15) is 6.54 Å². The van der Waals surface area contributed by atoms with Gasteiger partial charge >= 0.3 is 0 Å². The third-order valence-electron chi connectivity index (χ3n) is 5.19. The van der Waals surface area contributed by atoms with Gasteiger partial charge in [0.2, 0.25) is 15.9 Å². The van der Waals surface area contributed by atoms with Gasteiger partial charge in [-0.3, -0.25) is 13.9 Å². The van der Waals surface area contributed by atoms with Crippen LogP contribution in [0.25, 0.3) is 0 Å². The lowest BCUT2D eigenvalue weighted by atomic mass is 9.95. The standard InChI is InChI=1S/C22H26ClN3O4S/c1-31(29,30)26(20-14-8-6-12-18(20)23)15-21(27)25-19-13-7-5-11-17(19)22(28)24-16-9-3-2-4-10-16/h5-8,11-14,16H,2-4,9-10,15H2,1H3,(H,24,28)(H,25,27). The van der Waals surface area contributed by atoms with Crippen molar-refractivity contribution in [3.05, 3.63) is 59.1 Å². The highest BCUT2D eigenvalue weighted by atomic mass is 35.5. The van der Waals surface area contributed by atoms with Crippen LogP contribution in [0, 0.1) is 0 Å². The van der Waals surface area contributed by atoms with Crippen molar-refractivity contribution in [3.63, 3.8) is 0 Å². The van der Waals surface area contributed by atoms with Crippen LogP contribution in [0.3, 0.4) is 0 Å². The van der Waals surface area contributed by atoms with Crippen LogP contribution in [-0.2, 0) is 14.8 Å². The molecule has 166 valence electrons. The van der Waals surface area contributed by atoms with Crippen LogP contribution in [0.5, 0.6) is 0 Å². The second-order valence-electron chi connectivity index (χ2n) is 7.62. The summed E-state index contributed by atoms with van der Waals surface area (Å²) in [6.07, 6.45) is 6.26. The van der Waals surface area contributed by atoms with Gasteiger partial charge in [0.25, 0.3) is 5.91 Å². The summed E-state index contributed by atoms with van der Waals surface area (Å²) in [4.78, 5) is 25.5. The molecule has 0 aliphatic heterocycles. The molecule has 1 fully saturated rings. The van der Waals surface area contributed by atoms with E-state index in [1.807, 2.05) is 0 Å². The van der Waals surface area contributed by atoms with Gasteiger partial charge in [-0.25, -0.2) is 8.42 Å². The quantitative estimate of drug-likeness (QED) is 0.652. The molecule has 0 unspecified atom stereocenters. The number of nitrogens with zero attached hydrogens (tertiary/aromatic N) is 1. The van der Waals surface area contributed by atoms with E-state index in [-0.39, 0.29) is 22.7 Å². The Morgan fingerprint density at radius 1 is 1.03 bits per heavy atom. The molecule has 0 aromatic heterocycles. The number of amides is 2. The molecular weight excluding hydrogens is 438 g/mol. The van der Waals surface area contributed by atoms with E-state index < -0.39 is 22.5 Å². The molecule has 0 atom stereocenters. The zero-order valence-electron chi connectivity index (χ0n) is 17.3. The molecule has 9 heteroatoms. The molecule has 1 aliphatic carbocycles. The Morgan fingerprint density at radius 3 is 2.35 bits per heavy atom. The number of carbonyl (C=O) groups excluding carboxylic acids is 2. The van der Waals surface area contributed by atoms with Gasteiger partial charge < -0.3 is 10.6 Å². The van der Waals surface area contributed by atoms with Gasteiger partial charge in [0.05, 0.1) is 28.2 Å². The van der Waals surface area contributed by atoms with Crippen molar-refractivity contribution in [2.24, 2.45) is 0 Å². The number of benzene rings is 2. The Labute approximate surface area is 187 Å². The predicted molar refractivity (Wildman–Crippen MR) is 123 cm³/mol. The van der Waals surface area contributed by atoms with E-state index in [9.17, 15) is 18.0 Å². The maximum Gasteiger partial charge on any atom is 0.253 e. The topological polar surface area (TPSA) is 95.6 Å². The minimum absolute atomic E-state index is 0.131. The SMILES string of the molecule is CS(=O)(=O)N(CC(=O)Nc1ccccc1C(=O)NC1CCCCC1)c1ccccc1Cl. The van der Waals surface area contributed by atoms with Crippen molar-refractivity contribution in [2.45, 2.75) is 38.1 Å². The molecule has 3 rings (SSSR count). The van der Waals surface area contributed by atoms with Crippen molar-refractivity contribution in [1.29, 1.82) is 0 Å². The summed E-state index contributed by atoms with van der Waals surface area (Å²) in [6, 6.07) is 13.2. The summed E-state index contributed by atoms with van der Waals surface area (Å²) in [5.74, 6) is -0.836. The summed E-state index contributed by atoms with van der Waals surface area (Å²) in [7, 11) is -3.76. The van der Waals surface area contributed by atoms with E-state index in [0.29, 0.717) is 11.3 Å². The smallest absolute Gasteiger partial charge is 0.253 e.